The minimum Gasteiger partial charge on any atom is -0.366 e. The van der Waals surface area contributed by atoms with Crippen LogP contribution in [0, 0.1) is 0 Å². The molecule has 23 heavy (non-hydrogen) atoms. The third kappa shape index (κ3) is 3.37. The molecular formula is C19H16N2O2. The van der Waals surface area contributed by atoms with Gasteiger partial charge < -0.3 is 10.7 Å². The van der Waals surface area contributed by atoms with Crippen molar-refractivity contribution in [1.29, 1.82) is 0 Å². The maximum atomic E-state index is 11.5. The molecule has 3 rings (SSSR count). The van der Waals surface area contributed by atoms with Crippen molar-refractivity contribution in [3.05, 3.63) is 93.9 Å². The van der Waals surface area contributed by atoms with E-state index in [4.69, 9.17) is 5.73 Å². The number of carbonyl (C=O) groups is 1. The van der Waals surface area contributed by atoms with E-state index < -0.39 is 5.91 Å². The van der Waals surface area contributed by atoms with Crippen LogP contribution >= 0.6 is 0 Å². The van der Waals surface area contributed by atoms with E-state index in [0.29, 0.717) is 12.0 Å². The van der Waals surface area contributed by atoms with Gasteiger partial charge in [-0.1, -0.05) is 42.5 Å². The summed E-state index contributed by atoms with van der Waals surface area (Å²) in [5, 5.41) is 0. The van der Waals surface area contributed by atoms with Crippen molar-refractivity contribution in [1.82, 2.24) is 4.98 Å². The van der Waals surface area contributed by atoms with E-state index in [-0.39, 0.29) is 5.56 Å². The summed E-state index contributed by atoms with van der Waals surface area (Å²) in [5.74, 6) is -0.416. The van der Waals surface area contributed by atoms with Gasteiger partial charge in [-0.15, -0.1) is 0 Å². The number of primary amides is 1. The largest absolute Gasteiger partial charge is 0.366 e. The quantitative estimate of drug-likeness (QED) is 0.777. The summed E-state index contributed by atoms with van der Waals surface area (Å²) in [6.07, 6.45) is 2.27. The van der Waals surface area contributed by atoms with Crippen molar-refractivity contribution in [3.8, 4) is 11.1 Å². The van der Waals surface area contributed by atoms with Crippen LogP contribution < -0.4 is 11.3 Å². The molecule has 0 saturated heterocycles. The van der Waals surface area contributed by atoms with Crippen LogP contribution in [0.3, 0.4) is 0 Å². The molecule has 0 aliphatic rings. The molecule has 4 heteroatoms. The molecule has 3 N–H and O–H groups in total. The maximum Gasteiger partial charge on any atom is 0.248 e. The van der Waals surface area contributed by atoms with E-state index in [9.17, 15) is 9.59 Å². The number of hydrogen-bond acceptors (Lipinski definition) is 2. The van der Waals surface area contributed by atoms with Gasteiger partial charge in [0.1, 0.15) is 0 Å². The molecule has 1 amide bonds. The Hall–Kier alpha value is -3.14. The number of nitrogens with two attached hydrogens (primary N) is 1. The van der Waals surface area contributed by atoms with Crippen molar-refractivity contribution >= 4 is 5.91 Å². The SMILES string of the molecule is NC(=O)c1ccccc1Cc1ccc(-c2cc[nH]c(=O)c2)cc1. The third-order valence-electron chi connectivity index (χ3n) is 3.74. The van der Waals surface area contributed by atoms with Gasteiger partial charge in [-0.2, -0.15) is 0 Å². The van der Waals surface area contributed by atoms with Crippen LogP contribution in [0.15, 0.2) is 71.7 Å². The Balaban J connectivity index is 1.86. The summed E-state index contributed by atoms with van der Waals surface area (Å²) in [6, 6.07) is 18.7. The zero-order valence-electron chi connectivity index (χ0n) is 12.5. The summed E-state index contributed by atoms with van der Waals surface area (Å²) in [4.78, 5) is 25.4. The lowest BCUT2D eigenvalue weighted by Crippen LogP contribution is -2.13. The number of H-pyrrole nitrogens is 1. The zero-order chi connectivity index (χ0) is 16.2. The molecular weight excluding hydrogens is 288 g/mol. The van der Waals surface area contributed by atoms with Gasteiger partial charge >= 0.3 is 0 Å². The van der Waals surface area contributed by atoms with Crippen LogP contribution in [0.2, 0.25) is 0 Å². The topological polar surface area (TPSA) is 76.0 Å². The number of nitrogens with one attached hydrogen (secondary N) is 1. The third-order valence-corrected chi connectivity index (χ3v) is 3.74. The molecule has 0 unspecified atom stereocenters. The molecule has 0 spiro atoms. The first-order valence-electron chi connectivity index (χ1n) is 7.29. The Labute approximate surface area is 133 Å². The van der Waals surface area contributed by atoms with Gasteiger partial charge in [-0.05, 0) is 40.8 Å². The van der Waals surface area contributed by atoms with Crippen LogP contribution in [0.25, 0.3) is 11.1 Å². The predicted molar refractivity (Wildman–Crippen MR) is 90.3 cm³/mol. The van der Waals surface area contributed by atoms with Gasteiger partial charge in [0.05, 0.1) is 0 Å². The molecule has 0 aliphatic carbocycles. The molecule has 0 fully saturated rings. The van der Waals surface area contributed by atoms with Crippen molar-refractivity contribution in [2.45, 2.75) is 6.42 Å². The Morgan fingerprint density at radius 1 is 0.957 bits per heavy atom. The van der Waals surface area contributed by atoms with E-state index >= 15 is 0 Å². The van der Waals surface area contributed by atoms with Gasteiger partial charge in [0.25, 0.3) is 0 Å². The fourth-order valence-corrected chi connectivity index (χ4v) is 2.57. The molecule has 0 saturated carbocycles. The second-order valence-electron chi connectivity index (χ2n) is 5.34. The van der Waals surface area contributed by atoms with Crippen LogP contribution in [-0.4, -0.2) is 10.9 Å². The highest BCUT2D eigenvalue weighted by Gasteiger charge is 2.08. The fourth-order valence-electron chi connectivity index (χ4n) is 2.57. The molecule has 0 atom stereocenters. The summed E-state index contributed by atoms with van der Waals surface area (Å²) < 4.78 is 0. The van der Waals surface area contributed by atoms with Crippen molar-refractivity contribution in [2.75, 3.05) is 0 Å². The predicted octanol–water partition coefficient (Wildman–Crippen LogP) is 2.73. The molecule has 114 valence electrons. The van der Waals surface area contributed by atoms with E-state index in [0.717, 1.165) is 22.3 Å². The summed E-state index contributed by atoms with van der Waals surface area (Å²) >= 11 is 0. The fraction of sp³-hybridized carbons (Fsp3) is 0.0526. The lowest BCUT2D eigenvalue weighted by Gasteiger charge is -2.08. The van der Waals surface area contributed by atoms with E-state index in [1.54, 1.807) is 24.4 Å². The first kappa shape index (κ1) is 14.8. The van der Waals surface area contributed by atoms with Crippen LogP contribution in [0.4, 0.5) is 0 Å². The lowest BCUT2D eigenvalue weighted by atomic mass is 9.97. The average Bonchev–Trinajstić information content (AvgIpc) is 2.56. The molecule has 0 bridgehead atoms. The van der Waals surface area contributed by atoms with Crippen LogP contribution in [0.5, 0.6) is 0 Å². The highest BCUT2D eigenvalue weighted by molar-refractivity contribution is 5.94. The lowest BCUT2D eigenvalue weighted by molar-refractivity contribution is 0.0999. The highest BCUT2D eigenvalue weighted by Crippen LogP contribution is 2.20. The normalized spacial score (nSPS) is 10.4. The van der Waals surface area contributed by atoms with Gasteiger partial charge in [0.15, 0.2) is 0 Å². The molecule has 1 aromatic heterocycles. The number of benzene rings is 2. The number of pyridine rings is 1. The van der Waals surface area contributed by atoms with E-state index in [1.807, 2.05) is 42.5 Å². The van der Waals surface area contributed by atoms with Crippen molar-refractivity contribution in [3.63, 3.8) is 0 Å². The van der Waals surface area contributed by atoms with Gasteiger partial charge in [-0.25, -0.2) is 0 Å². The number of aromatic nitrogens is 1. The Kier molecular flexibility index (Phi) is 4.06. The second-order valence-corrected chi connectivity index (χ2v) is 5.34. The van der Waals surface area contributed by atoms with E-state index in [1.165, 1.54) is 0 Å². The van der Waals surface area contributed by atoms with E-state index in [2.05, 4.69) is 4.98 Å². The number of rotatable bonds is 4. The number of hydrogen-bond donors (Lipinski definition) is 2. The van der Waals surface area contributed by atoms with Crippen LogP contribution in [-0.2, 0) is 6.42 Å². The number of carbonyl (C=O) groups excluding carboxylic acids is 1. The van der Waals surface area contributed by atoms with Gasteiger partial charge in [-0.3, -0.25) is 9.59 Å². The monoisotopic (exact) mass is 304 g/mol. The Morgan fingerprint density at radius 2 is 1.70 bits per heavy atom. The molecule has 4 nitrogen and oxygen atoms in total. The Morgan fingerprint density at radius 3 is 2.39 bits per heavy atom. The van der Waals surface area contributed by atoms with Gasteiger partial charge in [0.2, 0.25) is 11.5 Å². The highest BCUT2D eigenvalue weighted by atomic mass is 16.1. The van der Waals surface area contributed by atoms with Crippen LogP contribution in [0.1, 0.15) is 21.5 Å². The minimum absolute atomic E-state index is 0.123. The first-order valence-corrected chi connectivity index (χ1v) is 7.29. The first-order chi connectivity index (χ1) is 11.1. The smallest absolute Gasteiger partial charge is 0.248 e. The summed E-state index contributed by atoms with van der Waals surface area (Å²) in [6.45, 7) is 0. The molecule has 3 aromatic rings. The maximum absolute atomic E-state index is 11.5. The van der Waals surface area contributed by atoms with Crippen molar-refractivity contribution in [2.24, 2.45) is 5.73 Å². The Bertz CT molecular complexity index is 895. The summed E-state index contributed by atoms with van der Waals surface area (Å²) in [5.41, 5.74) is 9.67. The molecule has 0 aliphatic heterocycles. The average molecular weight is 304 g/mol. The van der Waals surface area contributed by atoms with Gasteiger partial charge in [0, 0.05) is 17.8 Å². The second kappa shape index (κ2) is 6.32. The van der Waals surface area contributed by atoms with Crippen molar-refractivity contribution < 1.29 is 4.79 Å². The molecule has 2 aromatic carbocycles. The standard InChI is InChI=1S/C19H16N2O2/c20-19(23)17-4-2-1-3-16(17)11-13-5-7-14(8-6-13)15-9-10-21-18(22)12-15/h1-10,12H,11H2,(H2,20,23)(H,21,22). The zero-order valence-corrected chi connectivity index (χ0v) is 12.5. The minimum atomic E-state index is -0.416. The molecule has 1 heterocycles. The molecule has 0 radical (unpaired) electrons. The number of aromatic amines is 1. The number of amides is 1. The summed E-state index contributed by atoms with van der Waals surface area (Å²) in [7, 11) is 0.